The fourth-order valence-corrected chi connectivity index (χ4v) is 2.08. The molecule has 3 aromatic rings. The molecule has 0 aromatic carbocycles. The first-order valence-corrected chi connectivity index (χ1v) is 7.00. The molecular weight excluding hydrogens is 323 g/mol. The average molecular weight is 337 g/mol. The van der Waals surface area contributed by atoms with E-state index in [1.807, 2.05) is 0 Å². The van der Waals surface area contributed by atoms with E-state index in [1.165, 1.54) is 4.90 Å². The number of hydrogen-bond donors (Lipinski definition) is 1. The Labute approximate surface area is 135 Å². The Kier molecular flexibility index (Phi) is 3.96. The van der Waals surface area contributed by atoms with E-state index in [-0.39, 0.29) is 18.3 Å². The SMILES string of the molecule is CN(C)c1cc(C(F)(F)F)nc(NCc2ccnc3ccnn23)n1. The van der Waals surface area contributed by atoms with E-state index in [4.69, 9.17) is 0 Å². The van der Waals surface area contributed by atoms with Crippen LogP contribution in [0.15, 0.2) is 30.6 Å². The highest BCUT2D eigenvalue weighted by atomic mass is 19.4. The molecule has 0 atom stereocenters. The van der Waals surface area contributed by atoms with Gasteiger partial charge in [0.25, 0.3) is 0 Å². The highest BCUT2D eigenvalue weighted by molar-refractivity contribution is 5.45. The summed E-state index contributed by atoms with van der Waals surface area (Å²) in [5.41, 5.74) is 0.369. The monoisotopic (exact) mass is 337 g/mol. The van der Waals surface area contributed by atoms with Crippen LogP contribution in [0.5, 0.6) is 0 Å². The summed E-state index contributed by atoms with van der Waals surface area (Å²) in [6.45, 7) is 0.203. The van der Waals surface area contributed by atoms with Gasteiger partial charge >= 0.3 is 6.18 Å². The molecule has 3 rings (SSSR count). The van der Waals surface area contributed by atoms with E-state index >= 15 is 0 Å². The predicted octanol–water partition coefficient (Wildman–Crippen LogP) is 2.22. The highest BCUT2D eigenvalue weighted by Gasteiger charge is 2.34. The van der Waals surface area contributed by atoms with E-state index in [1.54, 1.807) is 43.1 Å². The number of fused-ring (bicyclic) bond motifs is 1. The zero-order valence-corrected chi connectivity index (χ0v) is 12.9. The topological polar surface area (TPSA) is 71.2 Å². The Morgan fingerprint density at radius 3 is 2.67 bits per heavy atom. The number of aromatic nitrogens is 5. The first-order chi connectivity index (χ1) is 11.3. The van der Waals surface area contributed by atoms with Crippen LogP contribution in [-0.4, -0.2) is 38.7 Å². The number of anilines is 2. The van der Waals surface area contributed by atoms with Crippen LogP contribution >= 0.6 is 0 Å². The van der Waals surface area contributed by atoms with Crippen LogP contribution in [0.4, 0.5) is 24.9 Å². The summed E-state index contributed by atoms with van der Waals surface area (Å²) in [6.07, 6.45) is -1.35. The molecule has 0 unspecified atom stereocenters. The summed E-state index contributed by atoms with van der Waals surface area (Å²) in [6, 6.07) is 4.35. The molecule has 126 valence electrons. The van der Waals surface area contributed by atoms with Gasteiger partial charge in [0.1, 0.15) is 5.82 Å². The fourth-order valence-electron chi connectivity index (χ4n) is 2.08. The van der Waals surface area contributed by atoms with Gasteiger partial charge in [-0.05, 0) is 6.07 Å². The maximum atomic E-state index is 13.0. The maximum Gasteiger partial charge on any atom is 0.433 e. The molecule has 24 heavy (non-hydrogen) atoms. The summed E-state index contributed by atoms with van der Waals surface area (Å²) in [5.74, 6) is 0.0597. The molecule has 0 spiro atoms. The molecule has 0 aliphatic heterocycles. The molecule has 3 heterocycles. The van der Waals surface area contributed by atoms with E-state index in [0.717, 1.165) is 11.8 Å². The zero-order valence-electron chi connectivity index (χ0n) is 12.9. The number of alkyl halides is 3. The minimum absolute atomic E-state index is 0.106. The molecule has 0 aliphatic carbocycles. The molecule has 10 heteroatoms. The van der Waals surface area contributed by atoms with Crippen molar-refractivity contribution in [2.24, 2.45) is 0 Å². The van der Waals surface area contributed by atoms with Crippen LogP contribution in [0.3, 0.4) is 0 Å². The van der Waals surface area contributed by atoms with E-state index < -0.39 is 11.9 Å². The maximum absolute atomic E-state index is 13.0. The van der Waals surface area contributed by atoms with Crippen molar-refractivity contribution in [1.29, 1.82) is 0 Å². The fraction of sp³-hybridized carbons (Fsp3) is 0.286. The second-order valence-corrected chi connectivity index (χ2v) is 5.22. The summed E-state index contributed by atoms with van der Waals surface area (Å²) < 4.78 is 40.5. The Morgan fingerprint density at radius 2 is 1.96 bits per heavy atom. The second-order valence-electron chi connectivity index (χ2n) is 5.22. The first kappa shape index (κ1) is 16.0. The van der Waals surface area contributed by atoms with Gasteiger partial charge in [0.2, 0.25) is 5.95 Å². The minimum atomic E-state index is -4.55. The molecule has 0 amide bonds. The van der Waals surface area contributed by atoms with Gasteiger partial charge in [-0.3, -0.25) is 0 Å². The van der Waals surface area contributed by atoms with E-state index in [2.05, 4.69) is 25.4 Å². The molecule has 7 nitrogen and oxygen atoms in total. The van der Waals surface area contributed by atoms with Gasteiger partial charge in [0.15, 0.2) is 11.3 Å². The van der Waals surface area contributed by atoms with Crippen molar-refractivity contribution in [2.45, 2.75) is 12.7 Å². The Bertz CT molecular complexity index is 857. The van der Waals surface area contributed by atoms with Gasteiger partial charge in [0.05, 0.1) is 18.4 Å². The highest BCUT2D eigenvalue weighted by Crippen LogP contribution is 2.30. The summed E-state index contributed by atoms with van der Waals surface area (Å²) >= 11 is 0. The number of nitrogens with one attached hydrogen (secondary N) is 1. The Hall–Kier alpha value is -2.91. The molecule has 3 aromatic heterocycles. The normalized spacial score (nSPS) is 11.7. The molecule has 0 saturated heterocycles. The quantitative estimate of drug-likeness (QED) is 0.787. The predicted molar refractivity (Wildman–Crippen MR) is 81.7 cm³/mol. The van der Waals surface area contributed by atoms with Crippen molar-refractivity contribution in [1.82, 2.24) is 24.6 Å². The lowest BCUT2D eigenvalue weighted by atomic mass is 10.3. The van der Waals surface area contributed by atoms with Crippen LogP contribution in [-0.2, 0) is 12.7 Å². The van der Waals surface area contributed by atoms with Crippen LogP contribution in [0.25, 0.3) is 5.65 Å². The first-order valence-electron chi connectivity index (χ1n) is 7.00. The summed E-state index contributed by atoms with van der Waals surface area (Å²) in [4.78, 5) is 13.3. The number of nitrogens with zero attached hydrogens (tertiary/aromatic N) is 6. The lowest BCUT2D eigenvalue weighted by Crippen LogP contribution is -2.18. The lowest BCUT2D eigenvalue weighted by Gasteiger charge is -2.16. The van der Waals surface area contributed by atoms with Crippen molar-refractivity contribution in [3.8, 4) is 0 Å². The summed E-state index contributed by atoms with van der Waals surface area (Å²) in [5, 5.41) is 6.93. The average Bonchev–Trinajstić information content (AvgIpc) is 3.00. The van der Waals surface area contributed by atoms with Gasteiger partial charge in [-0.15, -0.1) is 0 Å². The molecular formula is C14H14F3N7. The number of halogens is 3. The van der Waals surface area contributed by atoms with Crippen molar-refractivity contribution < 1.29 is 13.2 Å². The zero-order chi connectivity index (χ0) is 17.3. The molecule has 0 radical (unpaired) electrons. The van der Waals surface area contributed by atoms with Crippen molar-refractivity contribution in [2.75, 3.05) is 24.3 Å². The van der Waals surface area contributed by atoms with Gasteiger partial charge < -0.3 is 10.2 Å². The van der Waals surface area contributed by atoms with Crippen molar-refractivity contribution >= 4 is 17.4 Å². The third kappa shape index (κ3) is 3.21. The smallest absolute Gasteiger partial charge is 0.363 e. The minimum Gasteiger partial charge on any atom is -0.363 e. The van der Waals surface area contributed by atoms with Crippen LogP contribution in [0.2, 0.25) is 0 Å². The molecule has 0 bridgehead atoms. The Balaban J connectivity index is 1.89. The largest absolute Gasteiger partial charge is 0.433 e. The van der Waals surface area contributed by atoms with E-state index in [9.17, 15) is 13.2 Å². The van der Waals surface area contributed by atoms with Crippen LogP contribution < -0.4 is 10.2 Å². The molecule has 0 saturated carbocycles. The van der Waals surface area contributed by atoms with Gasteiger partial charge in [-0.1, -0.05) is 0 Å². The van der Waals surface area contributed by atoms with Crippen LogP contribution in [0.1, 0.15) is 11.4 Å². The molecule has 1 N–H and O–H groups in total. The van der Waals surface area contributed by atoms with Gasteiger partial charge in [-0.25, -0.2) is 14.5 Å². The van der Waals surface area contributed by atoms with Crippen molar-refractivity contribution in [3.63, 3.8) is 0 Å². The lowest BCUT2D eigenvalue weighted by molar-refractivity contribution is -0.141. The third-order valence-corrected chi connectivity index (χ3v) is 3.26. The molecule has 0 fully saturated rings. The second kappa shape index (κ2) is 5.95. The number of rotatable bonds is 4. The van der Waals surface area contributed by atoms with Gasteiger partial charge in [-0.2, -0.15) is 23.3 Å². The molecule has 0 aliphatic rings. The van der Waals surface area contributed by atoms with Gasteiger partial charge in [0, 0.05) is 32.4 Å². The standard InChI is InChI=1S/C14H14F3N7/c1-23(2)12-7-10(14(15,16)17)21-13(22-12)19-8-9-3-5-18-11-4-6-20-24(9)11/h3-7H,8H2,1-2H3,(H,19,21,22). The summed E-state index contributed by atoms with van der Waals surface area (Å²) in [7, 11) is 3.23. The van der Waals surface area contributed by atoms with E-state index in [0.29, 0.717) is 5.65 Å². The van der Waals surface area contributed by atoms with Crippen LogP contribution in [0, 0.1) is 0 Å². The Morgan fingerprint density at radius 1 is 1.17 bits per heavy atom. The van der Waals surface area contributed by atoms with Crippen molar-refractivity contribution in [3.05, 3.63) is 42.0 Å². The third-order valence-electron chi connectivity index (χ3n) is 3.26. The number of hydrogen-bond acceptors (Lipinski definition) is 6.